The van der Waals surface area contributed by atoms with Crippen molar-refractivity contribution in [2.75, 3.05) is 33.2 Å². The van der Waals surface area contributed by atoms with E-state index in [1.165, 1.54) is 28.2 Å². The topological polar surface area (TPSA) is 36.8 Å². The Labute approximate surface area is 118 Å². The number of rotatable bonds is 2. The summed E-state index contributed by atoms with van der Waals surface area (Å²) in [6.07, 6.45) is 4.85. The summed E-state index contributed by atoms with van der Waals surface area (Å²) in [6, 6.07) is 2.11. The highest BCUT2D eigenvalue weighted by Gasteiger charge is 2.21. The van der Waals surface area contributed by atoms with E-state index in [4.69, 9.17) is 0 Å². The molecule has 2 heterocycles. The van der Waals surface area contributed by atoms with E-state index in [2.05, 4.69) is 23.5 Å². The second-order valence-corrected chi connectivity index (χ2v) is 6.79. The minimum atomic E-state index is 0.0824. The van der Waals surface area contributed by atoms with Gasteiger partial charge in [-0.2, -0.15) is 0 Å². The maximum absolute atomic E-state index is 12.3. The average molecular weight is 280 g/mol. The average Bonchev–Trinajstić information content (AvgIpc) is 2.85. The van der Waals surface area contributed by atoms with Crippen LogP contribution in [0, 0.1) is 0 Å². The van der Waals surface area contributed by atoms with E-state index in [0.29, 0.717) is 0 Å². The molecule has 2 aliphatic rings. The van der Waals surface area contributed by atoms with Crippen molar-refractivity contribution in [2.45, 2.75) is 25.7 Å². The van der Waals surface area contributed by atoms with Crippen LogP contribution in [0.4, 0.5) is 0 Å². The minimum Gasteiger partial charge on any atom is -0.335 e. The number of nitrogens with zero attached hydrogens (tertiary/aromatic N) is 1. The van der Waals surface area contributed by atoms with Crippen molar-refractivity contribution < 1.29 is 9.69 Å². The van der Waals surface area contributed by atoms with Gasteiger partial charge in [-0.25, -0.2) is 5.01 Å². The molecule has 2 N–H and O–H groups in total. The minimum absolute atomic E-state index is 0.0824. The highest BCUT2D eigenvalue weighted by atomic mass is 32.1. The summed E-state index contributed by atoms with van der Waals surface area (Å²) in [5.74, 6) is 0.0824. The molecule has 1 aliphatic carbocycles. The number of carbonyl (C=O) groups is 1. The lowest BCUT2D eigenvalue weighted by Gasteiger charge is -2.29. The Kier molecular flexibility index (Phi) is 3.86. The van der Waals surface area contributed by atoms with Crippen LogP contribution < -0.4 is 10.3 Å². The number of hydrazine groups is 1. The Balaban J connectivity index is 1.62. The van der Waals surface area contributed by atoms with Crippen LogP contribution in [0.3, 0.4) is 0 Å². The van der Waals surface area contributed by atoms with Crippen molar-refractivity contribution in [2.24, 2.45) is 0 Å². The first-order valence-electron chi connectivity index (χ1n) is 7.21. The molecular formula is C14H22N3OS+. The van der Waals surface area contributed by atoms with Crippen molar-refractivity contribution in [1.29, 1.82) is 0 Å². The van der Waals surface area contributed by atoms with Gasteiger partial charge in [0, 0.05) is 4.88 Å². The summed E-state index contributed by atoms with van der Waals surface area (Å²) in [7, 11) is 2.20. The molecular weight excluding hydrogens is 258 g/mol. The number of hydrogen-bond acceptors (Lipinski definition) is 3. The molecule has 0 unspecified atom stereocenters. The maximum Gasteiger partial charge on any atom is 0.275 e. The summed E-state index contributed by atoms with van der Waals surface area (Å²) in [5, 5.41) is 2.06. The second kappa shape index (κ2) is 5.61. The van der Waals surface area contributed by atoms with Crippen molar-refractivity contribution >= 4 is 17.2 Å². The molecule has 3 rings (SSSR count). The SMILES string of the molecule is C[NH+]1CCN(NC(=O)c2cc3c(s2)CCCC3)CC1. The number of fused-ring (bicyclic) bond motifs is 1. The van der Waals surface area contributed by atoms with E-state index in [1.54, 1.807) is 11.3 Å². The van der Waals surface area contributed by atoms with Crippen LogP contribution in [0.15, 0.2) is 6.07 Å². The van der Waals surface area contributed by atoms with Gasteiger partial charge in [0.05, 0.1) is 38.1 Å². The molecule has 0 bridgehead atoms. The number of likely N-dealkylation sites (N-methyl/N-ethyl adjacent to an activating group) is 1. The molecule has 0 aromatic carbocycles. The van der Waals surface area contributed by atoms with Gasteiger partial charge >= 0.3 is 0 Å². The Morgan fingerprint density at radius 2 is 2.05 bits per heavy atom. The smallest absolute Gasteiger partial charge is 0.275 e. The third-order valence-corrected chi connectivity index (χ3v) is 5.33. The summed E-state index contributed by atoms with van der Waals surface area (Å²) < 4.78 is 0. The molecule has 4 nitrogen and oxygen atoms in total. The number of nitrogens with one attached hydrogen (secondary N) is 2. The quantitative estimate of drug-likeness (QED) is 0.806. The zero-order valence-electron chi connectivity index (χ0n) is 11.5. The molecule has 1 aromatic heterocycles. The van der Waals surface area contributed by atoms with Crippen molar-refractivity contribution in [1.82, 2.24) is 10.4 Å². The zero-order chi connectivity index (χ0) is 13.2. The number of carbonyl (C=O) groups excluding carboxylic acids is 1. The fourth-order valence-electron chi connectivity index (χ4n) is 2.80. The van der Waals surface area contributed by atoms with Crippen LogP contribution in [-0.2, 0) is 12.8 Å². The molecule has 0 radical (unpaired) electrons. The van der Waals surface area contributed by atoms with E-state index in [-0.39, 0.29) is 5.91 Å². The maximum atomic E-state index is 12.3. The van der Waals surface area contributed by atoms with Gasteiger partial charge in [0.1, 0.15) is 0 Å². The van der Waals surface area contributed by atoms with E-state index in [1.807, 2.05) is 0 Å². The number of thiophene rings is 1. The normalized spacial score (nSPS) is 21.1. The van der Waals surface area contributed by atoms with Crippen LogP contribution in [0.2, 0.25) is 0 Å². The van der Waals surface area contributed by atoms with Gasteiger partial charge in [0.15, 0.2) is 0 Å². The fraction of sp³-hybridized carbons (Fsp3) is 0.643. The Hall–Kier alpha value is -0.910. The fourth-order valence-corrected chi connectivity index (χ4v) is 3.94. The number of hydrogen-bond donors (Lipinski definition) is 2. The monoisotopic (exact) mass is 280 g/mol. The summed E-state index contributed by atoms with van der Waals surface area (Å²) in [6.45, 7) is 4.09. The molecule has 1 aromatic rings. The van der Waals surface area contributed by atoms with E-state index in [9.17, 15) is 4.79 Å². The standard InChI is InChI=1S/C14H21N3OS/c1-16-6-8-17(9-7-16)15-14(18)13-10-11-4-2-3-5-12(11)19-13/h10H,2-9H2,1H3,(H,15,18)/p+1. The lowest BCUT2D eigenvalue weighted by molar-refractivity contribution is -0.884. The molecule has 1 saturated heterocycles. The van der Waals surface area contributed by atoms with Crippen LogP contribution in [0.1, 0.15) is 33.0 Å². The predicted molar refractivity (Wildman–Crippen MR) is 76.6 cm³/mol. The van der Waals surface area contributed by atoms with Crippen LogP contribution in [0.25, 0.3) is 0 Å². The molecule has 104 valence electrons. The van der Waals surface area contributed by atoms with Crippen molar-refractivity contribution in [3.8, 4) is 0 Å². The number of amides is 1. The molecule has 0 saturated carbocycles. The Morgan fingerprint density at radius 3 is 2.79 bits per heavy atom. The summed E-state index contributed by atoms with van der Waals surface area (Å²) in [5.41, 5.74) is 4.46. The highest BCUT2D eigenvalue weighted by molar-refractivity contribution is 7.14. The van der Waals surface area contributed by atoms with Gasteiger partial charge < -0.3 is 4.90 Å². The van der Waals surface area contributed by atoms with Gasteiger partial charge in [-0.1, -0.05) is 0 Å². The first-order chi connectivity index (χ1) is 9.22. The first-order valence-corrected chi connectivity index (χ1v) is 8.03. The molecule has 1 aliphatic heterocycles. The third kappa shape index (κ3) is 2.99. The summed E-state index contributed by atoms with van der Waals surface area (Å²) >= 11 is 1.69. The molecule has 1 fully saturated rings. The lowest BCUT2D eigenvalue weighted by Crippen LogP contribution is -3.12. The molecule has 1 amide bonds. The number of piperazine rings is 1. The first kappa shape index (κ1) is 13.1. The van der Waals surface area contributed by atoms with Crippen LogP contribution in [0.5, 0.6) is 0 Å². The lowest BCUT2D eigenvalue weighted by atomic mass is 9.99. The third-order valence-electron chi connectivity index (χ3n) is 4.10. The van der Waals surface area contributed by atoms with Crippen LogP contribution >= 0.6 is 11.3 Å². The van der Waals surface area contributed by atoms with Crippen molar-refractivity contribution in [3.63, 3.8) is 0 Å². The van der Waals surface area contributed by atoms with Gasteiger partial charge in [-0.05, 0) is 37.3 Å². The van der Waals surface area contributed by atoms with Gasteiger partial charge in [0.25, 0.3) is 5.91 Å². The Morgan fingerprint density at radius 1 is 1.32 bits per heavy atom. The number of quaternary nitrogens is 1. The van der Waals surface area contributed by atoms with Crippen molar-refractivity contribution in [3.05, 3.63) is 21.4 Å². The number of aryl methyl sites for hydroxylation is 2. The van der Waals surface area contributed by atoms with Gasteiger partial charge in [-0.15, -0.1) is 11.3 Å². The second-order valence-electron chi connectivity index (χ2n) is 5.65. The van der Waals surface area contributed by atoms with E-state index >= 15 is 0 Å². The van der Waals surface area contributed by atoms with E-state index in [0.717, 1.165) is 43.9 Å². The highest BCUT2D eigenvalue weighted by Crippen LogP contribution is 2.29. The molecule has 0 spiro atoms. The largest absolute Gasteiger partial charge is 0.335 e. The summed E-state index contributed by atoms with van der Waals surface area (Å²) in [4.78, 5) is 16.1. The zero-order valence-corrected chi connectivity index (χ0v) is 12.3. The Bertz CT molecular complexity index is 440. The molecule has 19 heavy (non-hydrogen) atoms. The molecule has 5 heteroatoms. The predicted octanol–water partition coefficient (Wildman–Crippen LogP) is 0.102. The van der Waals surface area contributed by atoms with Gasteiger partial charge in [-0.3, -0.25) is 10.2 Å². The molecule has 0 atom stereocenters. The van der Waals surface area contributed by atoms with E-state index < -0.39 is 0 Å². The van der Waals surface area contributed by atoms with Gasteiger partial charge in [0.2, 0.25) is 0 Å². The van der Waals surface area contributed by atoms with Crippen LogP contribution in [-0.4, -0.2) is 44.1 Å².